The fourth-order valence-electron chi connectivity index (χ4n) is 1.96. The lowest BCUT2D eigenvalue weighted by atomic mass is 10.1. The Morgan fingerprint density at radius 3 is 1.96 bits per heavy atom. The number of ether oxygens (including phenoxy) is 1. The summed E-state index contributed by atoms with van der Waals surface area (Å²) >= 11 is 0. The van der Waals surface area contributed by atoms with Gasteiger partial charge in [-0.2, -0.15) is 31.3 Å². The zero-order valence-electron chi connectivity index (χ0n) is 13.6. The molecule has 0 saturated carbocycles. The van der Waals surface area contributed by atoms with E-state index in [2.05, 4.69) is 15.0 Å². The van der Waals surface area contributed by atoms with Gasteiger partial charge in [0.05, 0.1) is 5.56 Å². The summed E-state index contributed by atoms with van der Waals surface area (Å²) in [5.41, 5.74) is -1.50. The van der Waals surface area contributed by atoms with E-state index in [-0.39, 0.29) is 11.3 Å². The maximum Gasteiger partial charge on any atom is 0.422 e. The molecule has 0 amide bonds. The van der Waals surface area contributed by atoms with Gasteiger partial charge in [-0.25, -0.2) is 8.78 Å². The lowest BCUT2D eigenvalue weighted by molar-refractivity contribution is -0.154. The van der Waals surface area contributed by atoms with E-state index in [0.717, 1.165) is 12.1 Å². The molecular formula is C16H12F8N2O. The van der Waals surface area contributed by atoms with Crippen LogP contribution in [0.25, 0.3) is 0 Å². The first-order valence-corrected chi connectivity index (χ1v) is 7.28. The fourth-order valence-corrected chi connectivity index (χ4v) is 1.96. The summed E-state index contributed by atoms with van der Waals surface area (Å²) in [6.45, 7) is -1.14. The molecule has 2 rings (SSSR count). The smallest absolute Gasteiger partial charge is 0.422 e. The van der Waals surface area contributed by atoms with Crippen LogP contribution in [-0.4, -0.2) is 17.8 Å². The van der Waals surface area contributed by atoms with Crippen LogP contribution in [-0.2, 0) is 12.1 Å². The van der Waals surface area contributed by atoms with Crippen molar-refractivity contribution in [2.75, 3.05) is 11.9 Å². The number of anilines is 2. The Kier molecular flexibility index (Phi) is 5.52. The number of benzene rings is 1. The number of nitrogens with one attached hydrogen (secondary N) is 1. The van der Waals surface area contributed by atoms with Crippen molar-refractivity contribution in [3.8, 4) is 5.88 Å². The fraction of sp³-hybridized carbons (Fsp3) is 0.312. The molecule has 0 aliphatic rings. The lowest BCUT2D eigenvalue weighted by Crippen LogP contribution is -2.20. The van der Waals surface area contributed by atoms with E-state index in [9.17, 15) is 35.1 Å². The predicted molar refractivity (Wildman–Crippen MR) is 80.1 cm³/mol. The van der Waals surface area contributed by atoms with Crippen molar-refractivity contribution < 1.29 is 39.9 Å². The molecule has 148 valence electrons. The molecule has 0 fully saturated rings. The number of hydrogen-bond acceptors (Lipinski definition) is 3. The quantitative estimate of drug-likeness (QED) is 0.635. The van der Waals surface area contributed by atoms with Gasteiger partial charge in [0.2, 0.25) is 5.88 Å². The Hall–Kier alpha value is -2.59. The van der Waals surface area contributed by atoms with E-state index >= 15 is 0 Å². The highest BCUT2D eigenvalue weighted by Gasteiger charge is 2.33. The van der Waals surface area contributed by atoms with E-state index in [1.807, 2.05) is 0 Å². The summed E-state index contributed by atoms with van der Waals surface area (Å²) < 4.78 is 106. The van der Waals surface area contributed by atoms with Gasteiger partial charge in [0.25, 0.3) is 5.92 Å². The van der Waals surface area contributed by atoms with Crippen molar-refractivity contribution in [1.82, 2.24) is 4.98 Å². The topological polar surface area (TPSA) is 34.1 Å². The summed E-state index contributed by atoms with van der Waals surface area (Å²) in [7, 11) is 0. The van der Waals surface area contributed by atoms with E-state index in [0.29, 0.717) is 19.1 Å². The normalized spacial score (nSPS) is 12.8. The maximum atomic E-state index is 13.2. The van der Waals surface area contributed by atoms with E-state index < -0.39 is 42.1 Å². The molecule has 1 N–H and O–H groups in total. The molecule has 1 aromatic carbocycles. The van der Waals surface area contributed by atoms with Gasteiger partial charge in [-0.3, -0.25) is 0 Å². The molecule has 0 aliphatic carbocycles. The Bertz CT molecular complexity index is 779. The zero-order chi connectivity index (χ0) is 20.5. The van der Waals surface area contributed by atoms with Gasteiger partial charge in [0.15, 0.2) is 6.61 Å². The highest BCUT2D eigenvalue weighted by molar-refractivity contribution is 5.58. The number of hydrogen-bond donors (Lipinski definition) is 1. The second-order valence-electron chi connectivity index (χ2n) is 5.57. The van der Waals surface area contributed by atoms with E-state index in [1.165, 1.54) is 12.1 Å². The Balaban J connectivity index is 2.29. The molecular weight excluding hydrogens is 388 g/mol. The summed E-state index contributed by atoms with van der Waals surface area (Å²) in [6.07, 6.45) is -9.62. The monoisotopic (exact) mass is 400 g/mol. The first-order chi connectivity index (χ1) is 12.2. The number of alkyl halides is 8. The number of halogens is 8. The van der Waals surface area contributed by atoms with Crippen LogP contribution in [0.1, 0.15) is 18.1 Å². The predicted octanol–water partition coefficient (Wildman–Crippen LogP) is 5.90. The van der Waals surface area contributed by atoms with Gasteiger partial charge in [-0.15, -0.1) is 0 Å². The first-order valence-electron chi connectivity index (χ1n) is 7.28. The highest BCUT2D eigenvalue weighted by Crippen LogP contribution is 2.34. The highest BCUT2D eigenvalue weighted by atomic mass is 19.4. The minimum absolute atomic E-state index is 0.108. The number of pyridine rings is 1. The summed E-state index contributed by atoms with van der Waals surface area (Å²) in [4.78, 5) is 3.53. The van der Waals surface area contributed by atoms with Crippen molar-refractivity contribution in [2.24, 2.45) is 0 Å². The zero-order valence-corrected chi connectivity index (χ0v) is 13.6. The molecule has 27 heavy (non-hydrogen) atoms. The van der Waals surface area contributed by atoms with Crippen LogP contribution in [0.3, 0.4) is 0 Å². The molecule has 0 bridgehead atoms. The molecule has 1 heterocycles. The molecule has 1 aromatic heterocycles. The molecule has 0 saturated heterocycles. The lowest BCUT2D eigenvalue weighted by Gasteiger charge is -2.15. The van der Waals surface area contributed by atoms with Gasteiger partial charge >= 0.3 is 12.4 Å². The van der Waals surface area contributed by atoms with Gasteiger partial charge < -0.3 is 10.1 Å². The van der Waals surface area contributed by atoms with Crippen LogP contribution in [0.4, 0.5) is 46.6 Å². The Morgan fingerprint density at radius 2 is 1.48 bits per heavy atom. The first kappa shape index (κ1) is 20.7. The standard InChI is InChI=1S/C16H12F8N2O/c1-14(17,18)9-2-4-11(5-3-9)25-12-6-10(16(22,23)24)7-13(26-12)27-8-15(19,20)21/h2-7H,8H2,1H3,(H,25,26). The van der Waals surface area contributed by atoms with Gasteiger partial charge in [0.1, 0.15) is 5.82 Å². The van der Waals surface area contributed by atoms with Gasteiger partial charge in [0, 0.05) is 24.2 Å². The molecule has 0 atom stereocenters. The minimum atomic E-state index is -4.86. The van der Waals surface area contributed by atoms with Crippen LogP contribution < -0.4 is 10.1 Å². The Morgan fingerprint density at radius 1 is 0.889 bits per heavy atom. The van der Waals surface area contributed by atoms with Crippen LogP contribution in [0, 0.1) is 0 Å². The van der Waals surface area contributed by atoms with Crippen molar-refractivity contribution >= 4 is 11.5 Å². The molecule has 11 heteroatoms. The second kappa shape index (κ2) is 7.20. The van der Waals surface area contributed by atoms with Crippen LogP contribution in [0.5, 0.6) is 5.88 Å². The SMILES string of the molecule is CC(F)(F)c1ccc(Nc2cc(C(F)(F)F)cc(OCC(F)(F)F)n2)cc1. The Labute approximate surface area is 148 Å². The van der Waals surface area contributed by atoms with E-state index in [1.54, 1.807) is 0 Å². The largest absolute Gasteiger partial charge is 0.468 e. The third-order valence-corrected chi connectivity index (χ3v) is 3.18. The van der Waals surface area contributed by atoms with Crippen molar-refractivity contribution in [2.45, 2.75) is 25.2 Å². The van der Waals surface area contributed by atoms with Crippen LogP contribution >= 0.6 is 0 Å². The molecule has 3 nitrogen and oxygen atoms in total. The number of aromatic nitrogens is 1. The van der Waals surface area contributed by atoms with Crippen molar-refractivity contribution in [3.63, 3.8) is 0 Å². The number of rotatable bonds is 5. The summed E-state index contributed by atoms with van der Waals surface area (Å²) in [5, 5.41) is 2.42. The third kappa shape index (κ3) is 6.26. The van der Waals surface area contributed by atoms with E-state index in [4.69, 9.17) is 0 Å². The maximum absolute atomic E-state index is 13.2. The van der Waals surface area contributed by atoms with Crippen LogP contribution in [0.2, 0.25) is 0 Å². The molecule has 0 radical (unpaired) electrons. The average molecular weight is 400 g/mol. The summed E-state index contributed by atoms with van der Waals surface area (Å²) in [6, 6.07) is 5.34. The molecule has 0 aliphatic heterocycles. The average Bonchev–Trinajstić information content (AvgIpc) is 2.51. The minimum Gasteiger partial charge on any atom is -0.468 e. The molecule has 0 spiro atoms. The van der Waals surface area contributed by atoms with Gasteiger partial charge in [-0.1, -0.05) is 12.1 Å². The molecule has 2 aromatic rings. The third-order valence-electron chi connectivity index (χ3n) is 3.18. The van der Waals surface area contributed by atoms with Crippen molar-refractivity contribution in [1.29, 1.82) is 0 Å². The second-order valence-corrected chi connectivity index (χ2v) is 5.57. The number of nitrogens with zero attached hydrogens (tertiary/aromatic N) is 1. The molecule has 0 unspecified atom stereocenters. The summed E-state index contributed by atoms with van der Waals surface area (Å²) in [5.74, 6) is -4.45. The van der Waals surface area contributed by atoms with Crippen molar-refractivity contribution in [3.05, 3.63) is 47.5 Å². The van der Waals surface area contributed by atoms with Crippen LogP contribution in [0.15, 0.2) is 36.4 Å². The van der Waals surface area contributed by atoms with Gasteiger partial charge in [-0.05, 0) is 18.2 Å².